The Bertz CT molecular complexity index is 743. The van der Waals surface area contributed by atoms with Crippen LogP contribution in [0.3, 0.4) is 0 Å². The van der Waals surface area contributed by atoms with Crippen molar-refractivity contribution in [2.45, 2.75) is 6.61 Å². The molecule has 2 aromatic carbocycles. The second-order valence-corrected chi connectivity index (χ2v) is 5.36. The summed E-state index contributed by atoms with van der Waals surface area (Å²) in [5, 5.41) is 20.3. The Hall–Kier alpha value is -2.10. The Kier molecular flexibility index (Phi) is 4.78. The lowest BCUT2D eigenvalue weighted by molar-refractivity contribution is -0.385. The average molecular weight is 368 g/mol. The van der Waals surface area contributed by atoms with Crippen molar-refractivity contribution < 1.29 is 9.66 Å². The van der Waals surface area contributed by atoms with Gasteiger partial charge in [0.1, 0.15) is 18.4 Å². The SMILES string of the molecule is N#Cc1cc(Br)ccc1OCc1c(Cl)cccc1[N+](=O)[O-]. The van der Waals surface area contributed by atoms with Gasteiger partial charge in [-0.15, -0.1) is 0 Å². The summed E-state index contributed by atoms with van der Waals surface area (Å²) in [4.78, 5) is 10.5. The zero-order valence-corrected chi connectivity index (χ0v) is 12.9. The fourth-order valence-corrected chi connectivity index (χ4v) is 2.31. The van der Waals surface area contributed by atoms with Gasteiger partial charge in [0.25, 0.3) is 5.69 Å². The van der Waals surface area contributed by atoms with E-state index in [1.165, 1.54) is 12.1 Å². The molecular formula is C14H8BrClN2O3. The van der Waals surface area contributed by atoms with E-state index in [4.69, 9.17) is 21.6 Å². The molecule has 0 aromatic heterocycles. The van der Waals surface area contributed by atoms with E-state index in [-0.39, 0.29) is 22.9 Å². The van der Waals surface area contributed by atoms with E-state index >= 15 is 0 Å². The van der Waals surface area contributed by atoms with Gasteiger partial charge < -0.3 is 4.74 Å². The summed E-state index contributed by atoms with van der Waals surface area (Å²) in [6.45, 7) is -0.0910. The van der Waals surface area contributed by atoms with Crippen molar-refractivity contribution in [1.82, 2.24) is 0 Å². The second-order valence-electron chi connectivity index (χ2n) is 4.04. The summed E-state index contributed by atoms with van der Waals surface area (Å²) in [6, 6.07) is 11.4. The molecule has 0 heterocycles. The van der Waals surface area contributed by atoms with Gasteiger partial charge in [-0.2, -0.15) is 5.26 Å². The highest BCUT2D eigenvalue weighted by atomic mass is 79.9. The molecule has 106 valence electrons. The first kappa shape index (κ1) is 15.3. The van der Waals surface area contributed by atoms with Gasteiger partial charge >= 0.3 is 0 Å². The van der Waals surface area contributed by atoms with Gasteiger partial charge in [0, 0.05) is 10.5 Å². The summed E-state index contributed by atoms with van der Waals surface area (Å²) in [7, 11) is 0. The first-order valence-electron chi connectivity index (χ1n) is 5.77. The normalized spacial score (nSPS) is 9.95. The zero-order valence-electron chi connectivity index (χ0n) is 10.5. The van der Waals surface area contributed by atoms with Gasteiger partial charge in [0.2, 0.25) is 0 Å². The van der Waals surface area contributed by atoms with Gasteiger partial charge in [0.05, 0.1) is 21.1 Å². The third-order valence-electron chi connectivity index (χ3n) is 2.72. The number of halogens is 2. The monoisotopic (exact) mass is 366 g/mol. The van der Waals surface area contributed by atoms with Crippen molar-refractivity contribution in [1.29, 1.82) is 5.26 Å². The molecule has 0 N–H and O–H groups in total. The molecule has 0 amide bonds. The number of rotatable bonds is 4. The molecule has 0 aliphatic carbocycles. The van der Waals surface area contributed by atoms with Crippen LogP contribution >= 0.6 is 27.5 Å². The van der Waals surface area contributed by atoms with Crippen molar-refractivity contribution in [3.63, 3.8) is 0 Å². The minimum absolute atomic E-state index is 0.0910. The topological polar surface area (TPSA) is 76.2 Å². The Labute approximate surface area is 134 Å². The molecule has 0 unspecified atom stereocenters. The molecule has 0 atom stereocenters. The molecule has 7 heteroatoms. The van der Waals surface area contributed by atoms with Gasteiger partial charge in [0.15, 0.2) is 0 Å². The Morgan fingerprint density at radius 3 is 2.81 bits per heavy atom. The van der Waals surface area contributed by atoms with E-state index < -0.39 is 4.92 Å². The highest BCUT2D eigenvalue weighted by Gasteiger charge is 2.17. The van der Waals surface area contributed by atoms with E-state index in [1.807, 2.05) is 6.07 Å². The Morgan fingerprint density at radius 1 is 1.38 bits per heavy atom. The first-order chi connectivity index (χ1) is 10.0. The summed E-state index contributed by atoms with van der Waals surface area (Å²) >= 11 is 9.24. The van der Waals surface area contributed by atoms with Crippen LogP contribution in [0.1, 0.15) is 11.1 Å². The molecule has 5 nitrogen and oxygen atoms in total. The van der Waals surface area contributed by atoms with Crippen molar-refractivity contribution in [3.8, 4) is 11.8 Å². The van der Waals surface area contributed by atoms with Crippen LogP contribution in [0.4, 0.5) is 5.69 Å². The molecule has 0 radical (unpaired) electrons. The van der Waals surface area contributed by atoms with E-state index in [2.05, 4.69) is 15.9 Å². The largest absolute Gasteiger partial charge is 0.487 e. The molecule has 0 aliphatic heterocycles. The number of nitro benzene ring substituents is 1. The quantitative estimate of drug-likeness (QED) is 0.590. The van der Waals surface area contributed by atoms with E-state index in [0.717, 1.165) is 4.47 Å². The summed E-state index contributed by atoms with van der Waals surface area (Å²) in [5.74, 6) is 0.343. The molecule has 0 saturated carbocycles. The second kappa shape index (κ2) is 6.57. The van der Waals surface area contributed by atoms with E-state index in [9.17, 15) is 10.1 Å². The Balaban J connectivity index is 2.29. The molecule has 0 saturated heterocycles. The molecule has 0 aliphatic rings. The van der Waals surface area contributed by atoms with Crippen LogP contribution in [-0.2, 0) is 6.61 Å². The first-order valence-corrected chi connectivity index (χ1v) is 6.94. The number of hydrogen-bond acceptors (Lipinski definition) is 4. The highest BCUT2D eigenvalue weighted by Crippen LogP contribution is 2.29. The smallest absolute Gasteiger partial charge is 0.277 e. The fraction of sp³-hybridized carbons (Fsp3) is 0.0714. The maximum absolute atomic E-state index is 11.0. The van der Waals surface area contributed by atoms with Crippen LogP contribution in [0.25, 0.3) is 0 Å². The van der Waals surface area contributed by atoms with Crippen LogP contribution in [0.5, 0.6) is 5.75 Å². The number of hydrogen-bond donors (Lipinski definition) is 0. The maximum Gasteiger partial charge on any atom is 0.277 e. The van der Waals surface area contributed by atoms with Gasteiger partial charge in [-0.1, -0.05) is 33.6 Å². The number of ether oxygens (including phenoxy) is 1. The van der Waals surface area contributed by atoms with Crippen LogP contribution in [-0.4, -0.2) is 4.92 Å². The van der Waals surface area contributed by atoms with Crippen molar-refractivity contribution in [2.75, 3.05) is 0 Å². The summed E-state index contributed by atoms with van der Waals surface area (Å²) in [5.41, 5.74) is 0.494. The molecule has 2 aromatic rings. The average Bonchev–Trinajstić information content (AvgIpc) is 2.46. The van der Waals surface area contributed by atoms with Crippen LogP contribution < -0.4 is 4.74 Å². The molecule has 0 bridgehead atoms. The maximum atomic E-state index is 11.0. The number of nitro groups is 1. The third kappa shape index (κ3) is 3.51. The number of nitriles is 1. The van der Waals surface area contributed by atoms with Crippen LogP contribution in [0.2, 0.25) is 5.02 Å². The fourth-order valence-electron chi connectivity index (χ4n) is 1.73. The molecule has 0 spiro atoms. The number of nitrogens with zero attached hydrogens (tertiary/aromatic N) is 2. The molecule has 0 fully saturated rings. The van der Waals surface area contributed by atoms with E-state index in [0.29, 0.717) is 11.3 Å². The minimum Gasteiger partial charge on any atom is -0.487 e. The van der Waals surface area contributed by atoms with Crippen molar-refractivity contribution in [3.05, 3.63) is 67.1 Å². The van der Waals surface area contributed by atoms with Crippen LogP contribution in [0, 0.1) is 21.4 Å². The van der Waals surface area contributed by atoms with Gasteiger partial charge in [-0.25, -0.2) is 0 Å². The van der Waals surface area contributed by atoms with Gasteiger partial charge in [-0.05, 0) is 24.3 Å². The van der Waals surface area contributed by atoms with E-state index in [1.54, 1.807) is 24.3 Å². The predicted octanol–water partition coefficient (Wildman–Crippen LogP) is 4.46. The van der Waals surface area contributed by atoms with Crippen molar-refractivity contribution in [2.24, 2.45) is 0 Å². The third-order valence-corrected chi connectivity index (χ3v) is 3.57. The van der Waals surface area contributed by atoms with Crippen LogP contribution in [0.15, 0.2) is 40.9 Å². The van der Waals surface area contributed by atoms with Crippen molar-refractivity contribution >= 4 is 33.2 Å². The standard InChI is InChI=1S/C14H8BrClN2O3/c15-10-4-5-14(9(6-10)7-17)21-8-11-12(16)2-1-3-13(11)18(19)20/h1-6H,8H2. The van der Waals surface area contributed by atoms with Gasteiger partial charge in [-0.3, -0.25) is 10.1 Å². The zero-order chi connectivity index (χ0) is 15.4. The molecular weight excluding hydrogens is 360 g/mol. The lowest BCUT2D eigenvalue weighted by Crippen LogP contribution is -2.02. The minimum atomic E-state index is -0.517. The highest BCUT2D eigenvalue weighted by molar-refractivity contribution is 9.10. The number of benzene rings is 2. The molecule has 21 heavy (non-hydrogen) atoms. The summed E-state index contributed by atoms with van der Waals surface area (Å²) < 4.78 is 6.25. The lowest BCUT2D eigenvalue weighted by atomic mass is 10.2. The summed E-state index contributed by atoms with van der Waals surface area (Å²) in [6.07, 6.45) is 0. The lowest BCUT2D eigenvalue weighted by Gasteiger charge is -2.09. The molecule has 2 rings (SSSR count). The predicted molar refractivity (Wildman–Crippen MR) is 81.3 cm³/mol. The Morgan fingerprint density at radius 2 is 2.14 bits per heavy atom.